The zero-order valence-electron chi connectivity index (χ0n) is 22.3. The lowest BCUT2D eigenvalue weighted by molar-refractivity contribution is -0.205. The molecule has 1 N–H and O–H groups in total. The number of aromatic nitrogens is 5. The molecular formula is C26H34F3N7O3. The van der Waals surface area contributed by atoms with Gasteiger partial charge >= 0.3 is 6.18 Å². The number of hydrogen-bond acceptors (Lipinski definition) is 9. The van der Waals surface area contributed by atoms with E-state index in [1.54, 1.807) is 17.2 Å². The Morgan fingerprint density at radius 2 is 2.00 bits per heavy atom. The van der Waals surface area contributed by atoms with E-state index in [9.17, 15) is 13.2 Å². The number of alkyl halides is 3. The summed E-state index contributed by atoms with van der Waals surface area (Å²) in [5, 5.41) is 3.17. The number of ether oxygens (including phenoxy) is 3. The van der Waals surface area contributed by atoms with Gasteiger partial charge in [-0.2, -0.15) is 18.2 Å². The number of anilines is 3. The van der Waals surface area contributed by atoms with Gasteiger partial charge in [0.1, 0.15) is 29.6 Å². The van der Waals surface area contributed by atoms with Gasteiger partial charge in [0.05, 0.1) is 23.7 Å². The van der Waals surface area contributed by atoms with Crippen LogP contribution < -0.4 is 10.2 Å². The Morgan fingerprint density at radius 3 is 2.72 bits per heavy atom. The van der Waals surface area contributed by atoms with E-state index in [4.69, 9.17) is 19.2 Å². The molecule has 0 bridgehead atoms. The van der Waals surface area contributed by atoms with Crippen LogP contribution in [0.5, 0.6) is 0 Å². The maximum Gasteiger partial charge on any atom is 0.395 e. The number of nitrogens with one attached hydrogen (secondary N) is 1. The average Bonchev–Trinajstić information content (AvgIpc) is 3.30. The van der Waals surface area contributed by atoms with E-state index in [0.717, 1.165) is 36.1 Å². The highest BCUT2D eigenvalue weighted by Gasteiger charge is 2.48. The highest BCUT2D eigenvalue weighted by molar-refractivity contribution is 5.79. The number of halogens is 3. The summed E-state index contributed by atoms with van der Waals surface area (Å²) in [7, 11) is 1.32. The first-order chi connectivity index (χ1) is 18.7. The minimum absolute atomic E-state index is 0.124. The molecule has 5 heterocycles. The summed E-state index contributed by atoms with van der Waals surface area (Å²) in [5.41, 5.74) is 1.62. The maximum absolute atomic E-state index is 13.6. The van der Waals surface area contributed by atoms with Crippen LogP contribution in [-0.2, 0) is 20.8 Å². The standard InChI is InChI=1S/C26H34F3N7O3/c1-16(2)36-19-12-22(31-13-18(19)32-23(36)15-39-24-6-4-5-11-38-24)33-21-7-9-30-25(34-21)35-10-8-20(37-3)17(14-35)26(27,28)29/h7,9,12-13,16-17,20,24H,4-6,8,10-11,14-15H2,1-3H3,(H,30,31,33,34)/t17?,20?,24-/m1/s1. The topological polar surface area (TPSA) is 99.5 Å². The Bertz CT molecular complexity index is 1260. The average molecular weight is 550 g/mol. The second-order valence-electron chi connectivity index (χ2n) is 10.2. The molecule has 0 aliphatic carbocycles. The lowest BCUT2D eigenvalue weighted by atomic mass is 9.94. The van der Waals surface area contributed by atoms with Crippen LogP contribution >= 0.6 is 0 Å². The third-order valence-electron chi connectivity index (χ3n) is 7.16. The molecular weight excluding hydrogens is 515 g/mol. The van der Waals surface area contributed by atoms with Crippen molar-refractivity contribution in [3.63, 3.8) is 0 Å². The first-order valence-electron chi connectivity index (χ1n) is 13.3. The monoisotopic (exact) mass is 549 g/mol. The van der Waals surface area contributed by atoms with E-state index < -0.39 is 18.2 Å². The minimum atomic E-state index is -4.37. The Labute approximate surface area is 224 Å². The molecule has 0 aromatic carbocycles. The van der Waals surface area contributed by atoms with Crippen LogP contribution in [0, 0.1) is 5.92 Å². The van der Waals surface area contributed by atoms with Crippen molar-refractivity contribution in [1.82, 2.24) is 24.5 Å². The minimum Gasteiger partial charge on any atom is -0.381 e. The molecule has 13 heteroatoms. The number of piperidine rings is 1. The Morgan fingerprint density at radius 1 is 1.15 bits per heavy atom. The fourth-order valence-corrected chi connectivity index (χ4v) is 5.22. The van der Waals surface area contributed by atoms with Gasteiger partial charge in [0.15, 0.2) is 6.29 Å². The largest absolute Gasteiger partial charge is 0.395 e. The Kier molecular flexibility index (Phi) is 8.19. The van der Waals surface area contributed by atoms with Crippen LogP contribution in [0.15, 0.2) is 24.5 Å². The molecule has 2 fully saturated rings. The van der Waals surface area contributed by atoms with E-state index in [1.165, 1.54) is 13.3 Å². The number of fused-ring (bicyclic) bond motifs is 1. The van der Waals surface area contributed by atoms with Gasteiger partial charge in [-0.05, 0) is 45.6 Å². The molecule has 10 nitrogen and oxygen atoms in total. The molecule has 2 saturated heterocycles. The van der Waals surface area contributed by atoms with E-state index in [1.807, 2.05) is 6.07 Å². The normalized spacial score (nSPS) is 22.5. The molecule has 2 aliphatic heterocycles. The van der Waals surface area contributed by atoms with Crippen LogP contribution in [0.1, 0.15) is 51.4 Å². The second-order valence-corrected chi connectivity index (χ2v) is 10.2. The number of pyridine rings is 1. The highest BCUT2D eigenvalue weighted by Crippen LogP contribution is 2.36. The molecule has 3 aromatic heterocycles. The molecule has 0 spiro atoms. The maximum atomic E-state index is 13.6. The van der Waals surface area contributed by atoms with Crippen LogP contribution in [0.4, 0.5) is 30.8 Å². The van der Waals surface area contributed by atoms with Crippen LogP contribution in [0.25, 0.3) is 11.0 Å². The van der Waals surface area contributed by atoms with Crippen LogP contribution in [0.3, 0.4) is 0 Å². The SMILES string of the molecule is COC1CCN(c2nccc(Nc3cc4c(cn3)nc(CO[C@@H]3CCCCO3)n4C(C)C)n2)CC1C(F)(F)F. The van der Waals surface area contributed by atoms with E-state index in [2.05, 4.69) is 38.7 Å². The summed E-state index contributed by atoms with van der Waals surface area (Å²) in [4.78, 5) is 19.5. The van der Waals surface area contributed by atoms with Crippen molar-refractivity contribution < 1.29 is 27.4 Å². The van der Waals surface area contributed by atoms with E-state index in [0.29, 0.717) is 31.4 Å². The molecule has 0 amide bonds. The predicted molar refractivity (Wildman–Crippen MR) is 139 cm³/mol. The van der Waals surface area contributed by atoms with Gasteiger partial charge in [0, 0.05) is 45.1 Å². The quantitative estimate of drug-likeness (QED) is 0.416. The molecule has 2 aliphatic rings. The van der Waals surface area contributed by atoms with Crippen molar-refractivity contribution in [3.8, 4) is 0 Å². The van der Waals surface area contributed by atoms with Crippen LogP contribution in [-0.4, -0.2) is 69.9 Å². The van der Waals surface area contributed by atoms with Gasteiger partial charge < -0.3 is 29.0 Å². The zero-order chi connectivity index (χ0) is 27.6. The summed E-state index contributed by atoms with van der Waals surface area (Å²) >= 11 is 0. The molecule has 2 unspecified atom stereocenters. The lowest BCUT2D eigenvalue weighted by Crippen LogP contribution is -2.50. The third-order valence-corrected chi connectivity index (χ3v) is 7.16. The number of methoxy groups -OCH3 is 1. The molecule has 0 saturated carbocycles. The van der Waals surface area contributed by atoms with Crippen molar-refractivity contribution in [2.45, 2.75) is 70.7 Å². The predicted octanol–water partition coefficient (Wildman–Crippen LogP) is 4.99. The second kappa shape index (κ2) is 11.6. The summed E-state index contributed by atoms with van der Waals surface area (Å²) in [6.45, 7) is 5.29. The summed E-state index contributed by atoms with van der Waals surface area (Å²) in [6, 6.07) is 3.66. The number of rotatable bonds is 8. The van der Waals surface area contributed by atoms with Gasteiger partial charge in [0.2, 0.25) is 5.95 Å². The smallest absolute Gasteiger partial charge is 0.381 e. The fraction of sp³-hybridized carbons (Fsp3) is 0.615. The lowest BCUT2D eigenvalue weighted by Gasteiger charge is -2.38. The van der Waals surface area contributed by atoms with Gasteiger partial charge in [-0.25, -0.2) is 15.0 Å². The van der Waals surface area contributed by atoms with E-state index in [-0.39, 0.29) is 31.2 Å². The first kappa shape index (κ1) is 27.5. The molecule has 3 aromatic rings. The molecule has 0 radical (unpaired) electrons. The Hall–Kier alpha value is -3.03. The molecule has 3 atom stereocenters. The Balaban J connectivity index is 1.33. The van der Waals surface area contributed by atoms with Crippen molar-refractivity contribution in [1.29, 1.82) is 0 Å². The van der Waals surface area contributed by atoms with Crippen molar-refractivity contribution in [3.05, 3.63) is 30.4 Å². The summed E-state index contributed by atoms with van der Waals surface area (Å²) < 4.78 is 59.7. The van der Waals surface area contributed by atoms with E-state index >= 15 is 0 Å². The number of nitrogens with zero attached hydrogens (tertiary/aromatic N) is 6. The van der Waals surface area contributed by atoms with Crippen molar-refractivity contribution >= 4 is 28.6 Å². The third kappa shape index (κ3) is 6.25. The summed E-state index contributed by atoms with van der Waals surface area (Å²) in [5.74, 6) is 0.360. The molecule has 39 heavy (non-hydrogen) atoms. The molecule has 5 rings (SSSR count). The first-order valence-corrected chi connectivity index (χ1v) is 13.3. The van der Waals surface area contributed by atoms with Crippen molar-refractivity contribution in [2.24, 2.45) is 5.92 Å². The molecule has 212 valence electrons. The number of hydrogen-bond donors (Lipinski definition) is 1. The number of imidazole rings is 1. The van der Waals surface area contributed by atoms with Gasteiger partial charge in [-0.3, -0.25) is 0 Å². The van der Waals surface area contributed by atoms with Gasteiger partial charge in [-0.1, -0.05) is 0 Å². The van der Waals surface area contributed by atoms with Crippen molar-refractivity contribution in [2.75, 3.05) is 37.0 Å². The summed E-state index contributed by atoms with van der Waals surface area (Å²) in [6.07, 6.45) is 0.989. The fourth-order valence-electron chi connectivity index (χ4n) is 5.22. The van der Waals surface area contributed by atoms with Gasteiger partial charge in [-0.15, -0.1) is 0 Å². The van der Waals surface area contributed by atoms with Gasteiger partial charge in [0.25, 0.3) is 0 Å². The van der Waals surface area contributed by atoms with Crippen LogP contribution in [0.2, 0.25) is 0 Å². The zero-order valence-corrected chi connectivity index (χ0v) is 22.3. The highest BCUT2D eigenvalue weighted by atomic mass is 19.4.